The Hall–Kier alpha value is -1.50. The zero-order chi connectivity index (χ0) is 15.0. The molecule has 0 unspecified atom stereocenters. The van der Waals surface area contributed by atoms with Gasteiger partial charge in [-0.05, 0) is 30.3 Å². The second-order valence-electron chi connectivity index (χ2n) is 5.92. The Morgan fingerprint density at radius 2 is 2.05 bits per heavy atom. The van der Waals surface area contributed by atoms with E-state index in [4.69, 9.17) is 0 Å². The van der Waals surface area contributed by atoms with Crippen molar-refractivity contribution in [3.05, 3.63) is 42.0 Å². The maximum absolute atomic E-state index is 9.47. The molecule has 0 saturated heterocycles. The number of benzene rings is 1. The summed E-state index contributed by atoms with van der Waals surface area (Å²) in [6.45, 7) is 11.6. The molecule has 2 nitrogen and oxygen atoms in total. The first kappa shape index (κ1) is 16.6. The first-order valence-electron chi connectivity index (χ1n) is 7.08. The van der Waals surface area contributed by atoms with Crippen molar-refractivity contribution in [2.75, 3.05) is 13.1 Å². The van der Waals surface area contributed by atoms with Gasteiger partial charge in [0.15, 0.2) is 0 Å². The van der Waals surface area contributed by atoms with Crippen LogP contribution < -0.4 is 0 Å². The number of rotatable bonds is 5. The summed E-state index contributed by atoms with van der Waals surface area (Å²) >= 11 is 0. The van der Waals surface area contributed by atoms with Crippen LogP contribution in [0, 0.1) is 11.5 Å². The summed E-state index contributed by atoms with van der Waals surface area (Å²) in [7, 11) is -1.26. The van der Waals surface area contributed by atoms with Crippen molar-refractivity contribution in [3.8, 4) is 17.2 Å². The lowest BCUT2D eigenvalue weighted by Crippen LogP contribution is -2.22. The molecule has 0 heterocycles. The van der Waals surface area contributed by atoms with Crippen molar-refractivity contribution < 1.29 is 5.11 Å². The molecule has 1 N–H and O–H groups in total. The fraction of sp³-hybridized carbons (Fsp3) is 0.412. The molecule has 0 saturated carbocycles. The third-order valence-corrected chi connectivity index (χ3v) is 3.67. The van der Waals surface area contributed by atoms with Gasteiger partial charge in [-0.15, -0.1) is 5.54 Å². The van der Waals surface area contributed by atoms with Crippen LogP contribution in [0.2, 0.25) is 19.6 Å². The fourth-order valence-electron chi connectivity index (χ4n) is 1.74. The predicted molar refractivity (Wildman–Crippen MR) is 89.3 cm³/mol. The highest BCUT2D eigenvalue weighted by atomic mass is 28.3. The maximum Gasteiger partial charge on any atom is 0.129 e. The van der Waals surface area contributed by atoms with E-state index in [9.17, 15) is 5.11 Å². The predicted octanol–water partition coefficient (Wildman–Crippen LogP) is 3.65. The van der Waals surface area contributed by atoms with Crippen molar-refractivity contribution in [3.63, 3.8) is 0 Å². The lowest BCUT2D eigenvalue weighted by molar-refractivity contribution is 0.310. The first-order valence-corrected chi connectivity index (χ1v) is 10.6. The van der Waals surface area contributed by atoms with Gasteiger partial charge in [-0.1, -0.05) is 50.7 Å². The second kappa shape index (κ2) is 7.93. The van der Waals surface area contributed by atoms with Crippen molar-refractivity contribution in [2.24, 2.45) is 0 Å². The van der Waals surface area contributed by atoms with Gasteiger partial charge in [0.25, 0.3) is 0 Å². The number of phenols is 1. The molecule has 0 atom stereocenters. The summed E-state index contributed by atoms with van der Waals surface area (Å²) in [6, 6.07) is 7.44. The van der Waals surface area contributed by atoms with Crippen LogP contribution in [-0.4, -0.2) is 31.2 Å². The van der Waals surface area contributed by atoms with E-state index < -0.39 is 8.07 Å². The minimum atomic E-state index is -1.26. The summed E-state index contributed by atoms with van der Waals surface area (Å²) in [5.74, 6) is 3.47. The molecule has 1 rings (SSSR count). The molecule has 0 bridgehead atoms. The molecule has 0 radical (unpaired) electrons. The van der Waals surface area contributed by atoms with Crippen LogP contribution in [0.25, 0.3) is 0 Å². The minimum Gasteiger partial charge on any atom is -0.508 e. The van der Waals surface area contributed by atoms with Gasteiger partial charge in [0.2, 0.25) is 0 Å². The Balaban J connectivity index is 2.51. The number of nitrogens with zero attached hydrogens (tertiary/aromatic N) is 1. The first-order chi connectivity index (χ1) is 9.40. The van der Waals surface area contributed by atoms with Crippen LogP contribution in [0.3, 0.4) is 0 Å². The van der Waals surface area contributed by atoms with Gasteiger partial charge in [-0.2, -0.15) is 0 Å². The molecule has 0 amide bonds. The van der Waals surface area contributed by atoms with Crippen LogP contribution in [0.5, 0.6) is 5.75 Å². The Kier molecular flexibility index (Phi) is 6.57. The van der Waals surface area contributed by atoms with Gasteiger partial charge >= 0.3 is 0 Å². The highest BCUT2D eigenvalue weighted by molar-refractivity contribution is 6.83. The van der Waals surface area contributed by atoms with Crippen molar-refractivity contribution in [1.82, 2.24) is 4.90 Å². The SMILES string of the molecule is CCN(C/C=C/C#C[Si](C)(C)C)Cc1cccc(O)c1. The number of hydrogen-bond acceptors (Lipinski definition) is 2. The normalized spacial score (nSPS) is 11.7. The molecule has 0 aliphatic carbocycles. The smallest absolute Gasteiger partial charge is 0.129 e. The lowest BCUT2D eigenvalue weighted by atomic mass is 10.2. The van der Waals surface area contributed by atoms with E-state index in [1.165, 1.54) is 0 Å². The quantitative estimate of drug-likeness (QED) is 0.660. The van der Waals surface area contributed by atoms with E-state index in [1.54, 1.807) is 6.07 Å². The van der Waals surface area contributed by atoms with E-state index >= 15 is 0 Å². The van der Waals surface area contributed by atoms with E-state index in [0.717, 1.165) is 25.2 Å². The third-order valence-electron chi connectivity index (χ3n) is 2.78. The topological polar surface area (TPSA) is 23.5 Å². The summed E-state index contributed by atoms with van der Waals surface area (Å²) in [6.07, 6.45) is 4.07. The fourth-order valence-corrected chi connectivity index (χ4v) is 2.25. The van der Waals surface area contributed by atoms with E-state index in [1.807, 2.05) is 24.3 Å². The molecular formula is C17H25NOSi. The van der Waals surface area contributed by atoms with Crippen LogP contribution in [-0.2, 0) is 6.54 Å². The third kappa shape index (κ3) is 7.18. The highest BCUT2D eigenvalue weighted by Gasteiger charge is 2.06. The van der Waals surface area contributed by atoms with Gasteiger partial charge in [0.05, 0.1) is 0 Å². The average molecular weight is 287 g/mol. The highest BCUT2D eigenvalue weighted by Crippen LogP contribution is 2.12. The monoisotopic (exact) mass is 287 g/mol. The largest absolute Gasteiger partial charge is 0.508 e. The summed E-state index contributed by atoms with van der Waals surface area (Å²) < 4.78 is 0. The Morgan fingerprint density at radius 3 is 2.65 bits per heavy atom. The summed E-state index contributed by atoms with van der Waals surface area (Å²) in [5, 5.41) is 9.47. The number of phenolic OH excluding ortho intramolecular Hbond substituents is 1. The zero-order valence-electron chi connectivity index (χ0n) is 13.0. The molecule has 20 heavy (non-hydrogen) atoms. The van der Waals surface area contributed by atoms with E-state index in [0.29, 0.717) is 5.75 Å². The molecule has 0 aliphatic rings. The molecule has 1 aromatic carbocycles. The maximum atomic E-state index is 9.47. The number of likely N-dealkylation sites (N-methyl/N-ethyl adjacent to an activating group) is 1. The van der Waals surface area contributed by atoms with Gasteiger partial charge < -0.3 is 5.11 Å². The molecule has 3 heteroatoms. The van der Waals surface area contributed by atoms with E-state index in [-0.39, 0.29) is 0 Å². The molecule has 0 fully saturated rings. The summed E-state index contributed by atoms with van der Waals surface area (Å²) in [4.78, 5) is 2.31. The molecule has 0 aromatic heterocycles. The molecule has 0 aliphatic heterocycles. The number of aromatic hydroxyl groups is 1. The van der Waals surface area contributed by atoms with Gasteiger partial charge in [0.1, 0.15) is 13.8 Å². The van der Waals surface area contributed by atoms with Crippen LogP contribution in [0.4, 0.5) is 0 Å². The second-order valence-corrected chi connectivity index (χ2v) is 10.7. The average Bonchev–Trinajstić information content (AvgIpc) is 2.35. The summed E-state index contributed by atoms with van der Waals surface area (Å²) in [5.41, 5.74) is 4.45. The van der Waals surface area contributed by atoms with Crippen molar-refractivity contribution in [2.45, 2.75) is 33.1 Å². The van der Waals surface area contributed by atoms with Crippen LogP contribution in [0.1, 0.15) is 12.5 Å². The Labute approximate surface area is 124 Å². The van der Waals surface area contributed by atoms with Crippen LogP contribution in [0.15, 0.2) is 36.4 Å². The van der Waals surface area contributed by atoms with Crippen molar-refractivity contribution >= 4 is 8.07 Å². The van der Waals surface area contributed by atoms with Gasteiger partial charge in [0, 0.05) is 13.1 Å². The Morgan fingerprint density at radius 1 is 1.30 bits per heavy atom. The van der Waals surface area contributed by atoms with Crippen LogP contribution >= 0.6 is 0 Å². The Bertz CT molecular complexity index is 506. The number of allylic oxidation sites excluding steroid dienone is 1. The molecule has 0 spiro atoms. The minimum absolute atomic E-state index is 0.329. The molecular weight excluding hydrogens is 262 g/mol. The molecule has 1 aromatic rings. The lowest BCUT2D eigenvalue weighted by Gasteiger charge is -2.18. The van der Waals surface area contributed by atoms with E-state index in [2.05, 4.69) is 49.0 Å². The standard InChI is InChI=1S/C17H25NOSi/c1-5-18(12-7-6-8-13-20(2,3)4)15-16-10-9-11-17(19)14-16/h6-7,9-11,14,19H,5,12,15H2,1-4H3/b7-6+. The van der Waals surface area contributed by atoms with Gasteiger partial charge in [-0.3, -0.25) is 4.90 Å². The molecule has 108 valence electrons. The number of hydrogen-bond donors (Lipinski definition) is 1. The van der Waals surface area contributed by atoms with Crippen molar-refractivity contribution in [1.29, 1.82) is 0 Å². The van der Waals surface area contributed by atoms with Gasteiger partial charge in [-0.25, -0.2) is 0 Å². The zero-order valence-corrected chi connectivity index (χ0v) is 14.0.